The van der Waals surface area contributed by atoms with Crippen LogP contribution >= 0.6 is 0 Å². The number of rotatable bonds is 4. The maximum atomic E-state index is 11.8. The Kier molecular flexibility index (Phi) is 4.41. The number of amides is 1. The molecule has 2 rings (SSSR count). The summed E-state index contributed by atoms with van der Waals surface area (Å²) in [6, 6.07) is 3.94. The van der Waals surface area contributed by atoms with Gasteiger partial charge in [0, 0.05) is 19.2 Å². The van der Waals surface area contributed by atoms with E-state index in [1.54, 1.807) is 0 Å². The van der Waals surface area contributed by atoms with E-state index in [0.717, 1.165) is 32.0 Å². The van der Waals surface area contributed by atoms with Gasteiger partial charge >= 0.3 is 0 Å². The number of hydrogen-bond donors (Lipinski definition) is 4. The van der Waals surface area contributed by atoms with Gasteiger partial charge in [-0.3, -0.25) is 4.79 Å². The Morgan fingerprint density at radius 3 is 2.89 bits per heavy atom. The molecule has 1 amide bonds. The third kappa shape index (κ3) is 3.72. The zero-order valence-electron chi connectivity index (χ0n) is 10.6. The van der Waals surface area contributed by atoms with E-state index < -0.39 is 0 Å². The second-order valence-corrected chi connectivity index (χ2v) is 4.52. The molecule has 0 aliphatic carbocycles. The first kappa shape index (κ1) is 13.4. The summed E-state index contributed by atoms with van der Waals surface area (Å²) in [5.74, 6) is -0.598. The smallest absolute Gasteiger partial charge is 0.255 e. The summed E-state index contributed by atoms with van der Waals surface area (Å²) in [5, 5.41) is 24.7. The number of phenolic OH excluding ortho intramolecular Hbond substituents is 2. The molecule has 0 spiro atoms. The molecule has 0 aromatic heterocycles. The lowest BCUT2D eigenvalue weighted by molar-refractivity contribution is 0.0951. The first-order valence-electron chi connectivity index (χ1n) is 6.35. The Morgan fingerprint density at radius 2 is 2.21 bits per heavy atom. The van der Waals surface area contributed by atoms with Crippen molar-refractivity contribution in [3.8, 4) is 11.5 Å². The van der Waals surface area contributed by atoms with Crippen LogP contribution in [0.1, 0.15) is 23.2 Å². The molecule has 0 saturated carbocycles. The van der Waals surface area contributed by atoms with Crippen molar-refractivity contribution < 1.29 is 15.0 Å². The minimum Gasteiger partial charge on any atom is -0.508 e. The second kappa shape index (κ2) is 6.24. The molecule has 1 aliphatic heterocycles. The summed E-state index contributed by atoms with van der Waals surface area (Å²) < 4.78 is 0. The molecule has 1 heterocycles. The largest absolute Gasteiger partial charge is 0.508 e. The van der Waals surface area contributed by atoms with E-state index in [1.165, 1.54) is 17.7 Å². The molecule has 0 saturated heterocycles. The zero-order valence-corrected chi connectivity index (χ0v) is 10.6. The highest BCUT2D eigenvalue weighted by Crippen LogP contribution is 2.22. The van der Waals surface area contributed by atoms with Gasteiger partial charge in [0.05, 0.1) is 5.56 Å². The Balaban J connectivity index is 1.85. The lowest BCUT2D eigenvalue weighted by atomic mass is 10.1. The summed E-state index contributed by atoms with van der Waals surface area (Å²) in [4.78, 5) is 11.8. The van der Waals surface area contributed by atoms with Crippen LogP contribution in [0.15, 0.2) is 29.8 Å². The van der Waals surface area contributed by atoms with E-state index in [4.69, 9.17) is 5.11 Å². The minimum atomic E-state index is -0.327. The summed E-state index contributed by atoms with van der Waals surface area (Å²) in [7, 11) is 0. The fraction of sp³-hybridized carbons (Fsp3) is 0.357. The van der Waals surface area contributed by atoms with Gasteiger partial charge in [-0.25, -0.2) is 0 Å². The van der Waals surface area contributed by atoms with Crippen LogP contribution in [0.25, 0.3) is 0 Å². The van der Waals surface area contributed by atoms with Gasteiger partial charge < -0.3 is 20.8 Å². The van der Waals surface area contributed by atoms with E-state index in [2.05, 4.69) is 16.7 Å². The van der Waals surface area contributed by atoms with Crippen molar-refractivity contribution in [1.82, 2.24) is 10.6 Å². The monoisotopic (exact) mass is 262 g/mol. The minimum absolute atomic E-state index is 0.0612. The van der Waals surface area contributed by atoms with E-state index >= 15 is 0 Å². The molecule has 0 fully saturated rings. The average Bonchev–Trinajstić information content (AvgIpc) is 2.39. The molecule has 1 aliphatic rings. The average molecular weight is 262 g/mol. The summed E-state index contributed by atoms with van der Waals surface area (Å²) >= 11 is 0. The normalized spacial score (nSPS) is 14.8. The molecule has 1 aromatic carbocycles. The van der Waals surface area contributed by atoms with Crippen LogP contribution in [0, 0.1) is 0 Å². The maximum absolute atomic E-state index is 11.8. The van der Waals surface area contributed by atoms with Crippen molar-refractivity contribution in [3.05, 3.63) is 35.4 Å². The molecule has 0 unspecified atom stereocenters. The van der Waals surface area contributed by atoms with E-state index in [1.807, 2.05) is 0 Å². The van der Waals surface area contributed by atoms with Gasteiger partial charge in [-0.2, -0.15) is 0 Å². The zero-order chi connectivity index (χ0) is 13.7. The molecule has 4 N–H and O–H groups in total. The number of phenols is 2. The Bertz CT molecular complexity index is 497. The second-order valence-electron chi connectivity index (χ2n) is 4.52. The lowest BCUT2D eigenvalue weighted by Crippen LogP contribution is -2.26. The summed E-state index contributed by atoms with van der Waals surface area (Å²) in [5.41, 5.74) is 1.52. The van der Waals surface area contributed by atoms with Crippen LogP contribution in [0.3, 0.4) is 0 Å². The fourth-order valence-corrected chi connectivity index (χ4v) is 2.04. The van der Waals surface area contributed by atoms with E-state index in [0.29, 0.717) is 6.54 Å². The van der Waals surface area contributed by atoms with Gasteiger partial charge in [0.2, 0.25) is 0 Å². The Labute approximate surface area is 112 Å². The predicted octanol–water partition coefficient (Wildman–Crippen LogP) is 1.14. The van der Waals surface area contributed by atoms with Gasteiger partial charge in [0.1, 0.15) is 11.5 Å². The van der Waals surface area contributed by atoms with Gasteiger partial charge in [0.25, 0.3) is 5.91 Å². The highest BCUT2D eigenvalue weighted by Gasteiger charge is 2.11. The number of carbonyl (C=O) groups is 1. The molecule has 5 heteroatoms. The fourth-order valence-electron chi connectivity index (χ4n) is 2.04. The van der Waals surface area contributed by atoms with Crippen LogP contribution in [0.4, 0.5) is 0 Å². The van der Waals surface area contributed by atoms with Gasteiger partial charge in [-0.1, -0.05) is 11.6 Å². The molecule has 19 heavy (non-hydrogen) atoms. The molecule has 0 radical (unpaired) electrons. The van der Waals surface area contributed by atoms with Crippen LogP contribution in [0.5, 0.6) is 11.5 Å². The van der Waals surface area contributed by atoms with E-state index in [9.17, 15) is 9.90 Å². The third-order valence-electron chi connectivity index (χ3n) is 3.12. The molecule has 1 aromatic rings. The number of benzene rings is 1. The van der Waals surface area contributed by atoms with Gasteiger partial charge in [-0.05, 0) is 31.5 Å². The molecule has 102 valence electrons. The number of aromatic hydroxyl groups is 2. The first-order valence-corrected chi connectivity index (χ1v) is 6.35. The molecule has 5 nitrogen and oxygen atoms in total. The standard InChI is InChI=1S/C14H18N2O3/c17-11-1-2-12(13(18)9-11)14(19)16-8-5-10-3-6-15-7-4-10/h1-3,9,15,17-18H,4-8H2,(H,16,19). The third-order valence-corrected chi connectivity index (χ3v) is 3.12. The maximum Gasteiger partial charge on any atom is 0.255 e. The van der Waals surface area contributed by atoms with Crippen molar-refractivity contribution in [2.24, 2.45) is 0 Å². The Morgan fingerprint density at radius 1 is 1.37 bits per heavy atom. The SMILES string of the molecule is O=C(NCCC1=CCNCC1)c1ccc(O)cc1O. The van der Waals surface area contributed by atoms with Gasteiger partial charge in [0.15, 0.2) is 0 Å². The van der Waals surface area contributed by atoms with Crippen LogP contribution < -0.4 is 10.6 Å². The van der Waals surface area contributed by atoms with E-state index in [-0.39, 0.29) is 23.0 Å². The molecule has 0 bridgehead atoms. The summed E-state index contributed by atoms with van der Waals surface area (Å²) in [6.45, 7) is 2.42. The molecular weight excluding hydrogens is 244 g/mol. The quantitative estimate of drug-likeness (QED) is 0.613. The summed E-state index contributed by atoms with van der Waals surface area (Å²) in [6.07, 6.45) is 3.99. The van der Waals surface area contributed by atoms with Crippen molar-refractivity contribution >= 4 is 5.91 Å². The van der Waals surface area contributed by atoms with Crippen LogP contribution in [0.2, 0.25) is 0 Å². The molecule has 0 atom stereocenters. The van der Waals surface area contributed by atoms with Crippen molar-refractivity contribution in [2.75, 3.05) is 19.6 Å². The number of nitrogens with one attached hydrogen (secondary N) is 2. The highest BCUT2D eigenvalue weighted by molar-refractivity contribution is 5.96. The van der Waals surface area contributed by atoms with Crippen molar-refractivity contribution in [2.45, 2.75) is 12.8 Å². The van der Waals surface area contributed by atoms with Crippen molar-refractivity contribution in [1.29, 1.82) is 0 Å². The number of carbonyl (C=O) groups excluding carboxylic acids is 1. The molecular formula is C14H18N2O3. The van der Waals surface area contributed by atoms with Crippen molar-refractivity contribution in [3.63, 3.8) is 0 Å². The lowest BCUT2D eigenvalue weighted by Gasteiger charge is -2.14. The first-order chi connectivity index (χ1) is 9.16. The van der Waals surface area contributed by atoms with Crippen LogP contribution in [-0.2, 0) is 0 Å². The van der Waals surface area contributed by atoms with Crippen LogP contribution in [-0.4, -0.2) is 35.8 Å². The predicted molar refractivity (Wildman–Crippen MR) is 72.3 cm³/mol. The van der Waals surface area contributed by atoms with Gasteiger partial charge in [-0.15, -0.1) is 0 Å². The number of hydrogen-bond acceptors (Lipinski definition) is 4. The Hall–Kier alpha value is -2.01. The highest BCUT2D eigenvalue weighted by atomic mass is 16.3. The topological polar surface area (TPSA) is 81.6 Å².